The van der Waals surface area contributed by atoms with Crippen molar-refractivity contribution < 1.29 is 17.9 Å². The maximum absolute atomic E-state index is 13.7. The Morgan fingerprint density at radius 2 is 1.76 bits per heavy atom. The molecule has 0 saturated heterocycles. The van der Waals surface area contributed by atoms with Gasteiger partial charge in [-0.2, -0.15) is 0 Å². The molecular formula is C27H25ClN4O4S2. The second-order valence-electron chi connectivity index (χ2n) is 9.80. The fourth-order valence-electron chi connectivity index (χ4n) is 3.97. The number of sulfonamides is 1. The zero-order valence-corrected chi connectivity index (χ0v) is 23.3. The third-order valence-electron chi connectivity index (χ3n) is 6.06. The molecule has 1 N–H and O–H groups in total. The van der Waals surface area contributed by atoms with Crippen molar-refractivity contribution in [3.05, 3.63) is 83.4 Å². The van der Waals surface area contributed by atoms with Crippen molar-refractivity contribution in [3.63, 3.8) is 0 Å². The highest BCUT2D eigenvalue weighted by atomic mass is 35.5. The van der Waals surface area contributed by atoms with Gasteiger partial charge in [-0.15, -0.1) is 10.2 Å². The predicted octanol–water partition coefficient (Wildman–Crippen LogP) is 5.75. The SMILES string of the molecule is CC(C)(C)c1ccc2c(c1)N(S(=O)(=O)c1ccccc1)C[C@H](C(=O)Nc1nnc(-c3ccc(Cl)cc3)s1)O2. The Kier molecular flexibility index (Phi) is 6.89. The summed E-state index contributed by atoms with van der Waals surface area (Å²) < 4.78 is 34.7. The van der Waals surface area contributed by atoms with E-state index < -0.39 is 22.0 Å². The van der Waals surface area contributed by atoms with Crippen LogP contribution in [0, 0.1) is 0 Å². The van der Waals surface area contributed by atoms with Gasteiger partial charge in [-0.25, -0.2) is 8.42 Å². The lowest BCUT2D eigenvalue weighted by molar-refractivity contribution is -0.122. The molecule has 8 nitrogen and oxygen atoms in total. The molecule has 1 amide bonds. The summed E-state index contributed by atoms with van der Waals surface area (Å²) in [5, 5.41) is 12.4. The van der Waals surface area contributed by atoms with Gasteiger partial charge in [-0.05, 0) is 47.4 Å². The number of rotatable bonds is 5. The summed E-state index contributed by atoms with van der Waals surface area (Å²) in [6, 6.07) is 20.7. The molecule has 0 bridgehead atoms. The number of fused-ring (bicyclic) bond motifs is 1. The number of nitrogens with one attached hydrogen (secondary N) is 1. The van der Waals surface area contributed by atoms with Crippen LogP contribution in [0.25, 0.3) is 10.6 Å². The summed E-state index contributed by atoms with van der Waals surface area (Å²) in [6.45, 7) is 5.94. The minimum atomic E-state index is -3.98. The number of aromatic nitrogens is 2. The lowest BCUT2D eigenvalue weighted by Gasteiger charge is -2.35. The second-order valence-corrected chi connectivity index (χ2v) is 13.1. The molecule has 1 atom stereocenters. The molecule has 1 aliphatic rings. The Hall–Kier alpha value is -3.47. The van der Waals surface area contributed by atoms with Crippen molar-refractivity contribution in [1.82, 2.24) is 10.2 Å². The zero-order chi connectivity index (χ0) is 27.1. The van der Waals surface area contributed by atoms with Crippen molar-refractivity contribution in [2.24, 2.45) is 0 Å². The molecular weight excluding hydrogens is 544 g/mol. The van der Waals surface area contributed by atoms with Crippen LogP contribution in [0.2, 0.25) is 5.02 Å². The number of ether oxygens (including phenoxy) is 1. The number of halogens is 1. The smallest absolute Gasteiger partial charge is 0.269 e. The van der Waals surface area contributed by atoms with Gasteiger partial charge < -0.3 is 4.74 Å². The van der Waals surface area contributed by atoms with E-state index in [4.69, 9.17) is 16.3 Å². The highest BCUT2D eigenvalue weighted by molar-refractivity contribution is 7.92. The number of carbonyl (C=O) groups is 1. The monoisotopic (exact) mass is 568 g/mol. The van der Waals surface area contributed by atoms with E-state index in [-0.39, 0.29) is 22.0 Å². The summed E-state index contributed by atoms with van der Waals surface area (Å²) in [4.78, 5) is 13.4. The standard InChI is InChI=1S/C27H25ClN4O4S2/c1-27(2,3)18-11-14-22-21(15-18)32(38(34,35)20-7-5-4-6-8-20)16-23(36-22)24(33)29-26-31-30-25(37-26)17-9-12-19(28)13-10-17/h4-15,23H,16H2,1-3H3,(H,29,31,33)/t23-/m1/s1. The van der Waals surface area contributed by atoms with Crippen LogP contribution in [-0.2, 0) is 20.2 Å². The second kappa shape index (κ2) is 10.0. The lowest BCUT2D eigenvalue weighted by atomic mass is 9.86. The largest absolute Gasteiger partial charge is 0.476 e. The highest BCUT2D eigenvalue weighted by Gasteiger charge is 2.38. The zero-order valence-electron chi connectivity index (χ0n) is 20.9. The van der Waals surface area contributed by atoms with E-state index in [1.807, 2.05) is 45.0 Å². The number of benzene rings is 3. The van der Waals surface area contributed by atoms with Crippen molar-refractivity contribution in [1.29, 1.82) is 0 Å². The van der Waals surface area contributed by atoms with Gasteiger partial charge in [-0.1, -0.05) is 80.1 Å². The summed E-state index contributed by atoms with van der Waals surface area (Å²) in [7, 11) is -3.98. The Balaban J connectivity index is 1.45. The fourth-order valence-corrected chi connectivity index (χ4v) is 6.34. The topological polar surface area (TPSA) is 101 Å². The van der Waals surface area contributed by atoms with Crippen molar-refractivity contribution >= 4 is 49.7 Å². The first-order chi connectivity index (χ1) is 18.0. The highest BCUT2D eigenvalue weighted by Crippen LogP contribution is 2.40. The first-order valence-corrected chi connectivity index (χ1v) is 14.4. The normalized spacial score (nSPS) is 15.5. The van der Waals surface area contributed by atoms with Crippen LogP contribution in [0.15, 0.2) is 77.7 Å². The van der Waals surface area contributed by atoms with Gasteiger partial charge in [0, 0.05) is 10.6 Å². The van der Waals surface area contributed by atoms with Gasteiger partial charge in [-0.3, -0.25) is 14.4 Å². The van der Waals surface area contributed by atoms with E-state index in [0.29, 0.717) is 21.5 Å². The maximum Gasteiger partial charge on any atom is 0.269 e. The van der Waals surface area contributed by atoms with Crippen molar-refractivity contribution in [3.8, 4) is 16.3 Å². The van der Waals surface area contributed by atoms with E-state index in [2.05, 4.69) is 15.5 Å². The molecule has 2 heterocycles. The molecule has 1 aromatic heterocycles. The molecule has 0 spiro atoms. The van der Waals surface area contributed by atoms with E-state index in [9.17, 15) is 13.2 Å². The van der Waals surface area contributed by atoms with Gasteiger partial charge >= 0.3 is 0 Å². The quantitative estimate of drug-likeness (QED) is 0.329. The Morgan fingerprint density at radius 3 is 2.45 bits per heavy atom. The van der Waals surface area contributed by atoms with Gasteiger partial charge in [0.25, 0.3) is 15.9 Å². The predicted molar refractivity (Wildman–Crippen MR) is 150 cm³/mol. The molecule has 38 heavy (non-hydrogen) atoms. The van der Waals surface area contributed by atoms with Gasteiger partial charge in [0.1, 0.15) is 10.8 Å². The minimum Gasteiger partial charge on any atom is -0.476 e. The van der Waals surface area contributed by atoms with Crippen LogP contribution in [0.5, 0.6) is 5.75 Å². The molecule has 11 heteroatoms. The van der Waals surface area contributed by atoms with Crippen LogP contribution in [0.3, 0.4) is 0 Å². The lowest BCUT2D eigenvalue weighted by Crippen LogP contribution is -2.49. The molecule has 0 aliphatic carbocycles. The number of anilines is 2. The maximum atomic E-state index is 13.7. The number of carbonyl (C=O) groups excluding carboxylic acids is 1. The molecule has 0 radical (unpaired) electrons. The third kappa shape index (κ3) is 5.24. The molecule has 4 aromatic rings. The Labute approximate surface area is 230 Å². The molecule has 0 unspecified atom stereocenters. The van der Waals surface area contributed by atoms with Crippen LogP contribution in [0.1, 0.15) is 26.3 Å². The summed E-state index contributed by atoms with van der Waals surface area (Å²) in [5.41, 5.74) is 1.93. The number of amides is 1. The first-order valence-electron chi connectivity index (χ1n) is 11.8. The third-order valence-corrected chi connectivity index (χ3v) is 9.00. The molecule has 0 saturated carbocycles. The molecule has 1 aliphatic heterocycles. The van der Waals surface area contributed by atoms with Crippen LogP contribution in [-0.4, -0.2) is 37.2 Å². The van der Waals surface area contributed by atoms with E-state index in [0.717, 1.165) is 11.1 Å². The molecule has 5 rings (SSSR count). The average Bonchev–Trinajstić information content (AvgIpc) is 3.36. The average molecular weight is 569 g/mol. The van der Waals surface area contributed by atoms with E-state index >= 15 is 0 Å². The fraction of sp³-hybridized carbons (Fsp3) is 0.222. The van der Waals surface area contributed by atoms with Crippen molar-refractivity contribution in [2.75, 3.05) is 16.2 Å². The number of hydrogen-bond acceptors (Lipinski definition) is 7. The summed E-state index contributed by atoms with van der Waals surface area (Å²) in [5.74, 6) is -0.217. The molecule has 196 valence electrons. The van der Waals surface area contributed by atoms with Crippen LogP contribution < -0.4 is 14.4 Å². The van der Waals surface area contributed by atoms with Crippen molar-refractivity contribution in [2.45, 2.75) is 37.2 Å². The van der Waals surface area contributed by atoms with Crippen LogP contribution >= 0.6 is 22.9 Å². The van der Waals surface area contributed by atoms with Gasteiger partial charge in [0.05, 0.1) is 17.1 Å². The number of nitrogens with zero attached hydrogens (tertiary/aromatic N) is 3. The minimum absolute atomic E-state index is 0.130. The van der Waals surface area contributed by atoms with Gasteiger partial charge in [0.15, 0.2) is 6.10 Å². The Morgan fingerprint density at radius 1 is 1.05 bits per heavy atom. The summed E-state index contributed by atoms with van der Waals surface area (Å²) in [6.07, 6.45) is -1.11. The molecule has 3 aromatic carbocycles. The summed E-state index contributed by atoms with van der Waals surface area (Å²) >= 11 is 7.15. The van der Waals surface area contributed by atoms with Crippen LogP contribution in [0.4, 0.5) is 10.8 Å². The van der Waals surface area contributed by atoms with E-state index in [1.165, 1.54) is 27.8 Å². The first kappa shape index (κ1) is 26.1. The Bertz CT molecular complexity index is 1580. The molecule has 0 fully saturated rings. The number of hydrogen-bond donors (Lipinski definition) is 1. The van der Waals surface area contributed by atoms with E-state index in [1.54, 1.807) is 36.4 Å². The van der Waals surface area contributed by atoms with Gasteiger partial charge in [0.2, 0.25) is 5.13 Å².